The van der Waals surface area contributed by atoms with Gasteiger partial charge in [0.1, 0.15) is 23.9 Å². The molecule has 0 fully saturated rings. The summed E-state index contributed by atoms with van der Waals surface area (Å²) in [7, 11) is 2.00. The molecule has 0 bridgehead atoms. The first-order valence-corrected chi connectivity index (χ1v) is 10.9. The third-order valence-electron chi connectivity index (χ3n) is 5.58. The predicted octanol–water partition coefficient (Wildman–Crippen LogP) is 4.46. The van der Waals surface area contributed by atoms with Crippen molar-refractivity contribution in [1.29, 1.82) is 0 Å². The monoisotopic (exact) mass is 439 g/mol. The SMILES string of the molecule is C[C@@H](O)Cn1cc(-c2ccncc2)c(-c2ccc(OCc3nc4ccccc4n3C)cc2)n1. The first-order valence-electron chi connectivity index (χ1n) is 10.9. The lowest BCUT2D eigenvalue weighted by atomic mass is 10.0. The number of ether oxygens (including phenoxy) is 1. The number of hydrogen-bond donors (Lipinski definition) is 1. The number of nitrogens with zero attached hydrogens (tertiary/aromatic N) is 5. The molecule has 5 rings (SSSR count). The van der Waals surface area contributed by atoms with E-state index in [1.165, 1.54) is 0 Å². The Morgan fingerprint density at radius 3 is 2.45 bits per heavy atom. The fourth-order valence-corrected chi connectivity index (χ4v) is 3.92. The van der Waals surface area contributed by atoms with Crippen molar-refractivity contribution in [3.63, 3.8) is 0 Å². The number of para-hydroxylation sites is 2. The summed E-state index contributed by atoms with van der Waals surface area (Å²) in [6.07, 6.45) is 5.02. The average Bonchev–Trinajstić information content (AvgIpc) is 3.39. The van der Waals surface area contributed by atoms with Gasteiger partial charge in [-0.3, -0.25) is 9.67 Å². The second-order valence-corrected chi connectivity index (χ2v) is 8.09. The molecule has 0 radical (unpaired) electrons. The minimum atomic E-state index is -0.485. The van der Waals surface area contributed by atoms with Crippen LogP contribution in [0.1, 0.15) is 12.7 Å². The van der Waals surface area contributed by atoms with Crippen LogP contribution in [0.15, 0.2) is 79.3 Å². The molecule has 0 aliphatic heterocycles. The van der Waals surface area contributed by atoms with E-state index in [1.807, 2.05) is 67.8 Å². The molecule has 0 aliphatic rings. The molecule has 1 N–H and O–H groups in total. The highest BCUT2D eigenvalue weighted by Crippen LogP contribution is 2.32. The van der Waals surface area contributed by atoms with Crippen molar-refractivity contribution in [1.82, 2.24) is 24.3 Å². The maximum atomic E-state index is 9.81. The van der Waals surface area contributed by atoms with Gasteiger partial charge in [-0.15, -0.1) is 0 Å². The maximum Gasteiger partial charge on any atom is 0.147 e. The third kappa shape index (κ3) is 4.36. The van der Waals surface area contributed by atoms with Crippen molar-refractivity contribution in [2.75, 3.05) is 0 Å². The van der Waals surface area contributed by atoms with E-state index in [9.17, 15) is 5.11 Å². The van der Waals surface area contributed by atoms with Crippen LogP contribution in [0.3, 0.4) is 0 Å². The fraction of sp³-hybridized carbons (Fsp3) is 0.192. The van der Waals surface area contributed by atoms with Crippen molar-refractivity contribution in [2.45, 2.75) is 26.2 Å². The van der Waals surface area contributed by atoms with Crippen LogP contribution >= 0.6 is 0 Å². The lowest BCUT2D eigenvalue weighted by molar-refractivity contribution is 0.168. The number of aliphatic hydroxyl groups excluding tert-OH is 1. The van der Waals surface area contributed by atoms with Crippen LogP contribution in [0.2, 0.25) is 0 Å². The van der Waals surface area contributed by atoms with Gasteiger partial charge in [0.25, 0.3) is 0 Å². The van der Waals surface area contributed by atoms with Gasteiger partial charge in [0.2, 0.25) is 0 Å². The Hall–Kier alpha value is -3.97. The molecule has 0 unspecified atom stereocenters. The number of benzene rings is 2. The lowest BCUT2D eigenvalue weighted by Crippen LogP contribution is -2.11. The summed E-state index contributed by atoms with van der Waals surface area (Å²) in [5.41, 5.74) is 5.89. The van der Waals surface area contributed by atoms with E-state index >= 15 is 0 Å². The van der Waals surface area contributed by atoms with Gasteiger partial charge in [-0.1, -0.05) is 12.1 Å². The summed E-state index contributed by atoms with van der Waals surface area (Å²) in [6, 6.07) is 19.9. The highest BCUT2D eigenvalue weighted by molar-refractivity contribution is 5.80. The molecule has 0 aliphatic carbocycles. The van der Waals surface area contributed by atoms with E-state index < -0.39 is 6.10 Å². The van der Waals surface area contributed by atoms with Crippen molar-refractivity contribution < 1.29 is 9.84 Å². The van der Waals surface area contributed by atoms with E-state index in [2.05, 4.69) is 20.6 Å². The number of aryl methyl sites for hydroxylation is 1. The van der Waals surface area contributed by atoms with Gasteiger partial charge >= 0.3 is 0 Å². The third-order valence-corrected chi connectivity index (χ3v) is 5.58. The Morgan fingerprint density at radius 1 is 0.970 bits per heavy atom. The molecule has 0 saturated carbocycles. The predicted molar refractivity (Wildman–Crippen MR) is 128 cm³/mol. The summed E-state index contributed by atoms with van der Waals surface area (Å²) in [4.78, 5) is 8.78. The first kappa shape index (κ1) is 20.9. The van der Waals surface area contributed by atoms with Crippen LogP contribution in [-0.2, 0) is 20.2 Å². The van der Waals surface area contributed by atoms with Crippen LogP contribution in [-0.4, -0.2) is 35.5 Å². The first-order chi connectivity index (χ1) is 16.1. The maximum absolute atomic E-state index is 9.81. The second kappa shape index (κ2) is 8.88. The van der Waals surface area contributed by atoms with E-state index in [0.29, 0.717) is 13.2 Å². The average molecular weight is 440 g/mol. The number of aliphatic hydroxyl groups is 1. The molecule has 2 aromatic carbocycles. The molecular formula is C26H25N5O2. The van der Waals surface area contributed by atoms with Gasteiger partial charge in [0, 0.05) is 36.8 Å². The Morgan fingerprint density at radius 2 is 1.73 bits per heavy atom. The minimum Gasteiger partial charge on any atom is -0.486 e. The Labute approximate surface area is 191 Å². The highest BCUT2D eigenvalue weighted by atomic mass is 16.5. The fourth-order valence-electron chi connectivity index (χ4n) is 3.92. The Kier molecular flexibility index (Phi) is 5.62. The molecular weight excluding hydrogens is 414 g/mol. The van der Waals surface area contributed by atoms with E-state index in [-0.39, 0.29) is 0 Å². The smallest absolute Gasteiger partial charge is 0.147 e. The molecule has 33 heavy (non-hydrogen) atoms. The van der Waals surface area contributed by atoms with Gasteiger partial charge in [-0.05, 0) is 61.0 Å². The summed E-state index contributed by atoms with van der Waals surface area (Å²) in [5, 5.41) is 14.5. The number of aromatic nitrogens is 5. The molecule has 1 atom stereocenters. The second-order valence-electron chi connectivity index (χ2n) is 8.09. The zero-order chi connectivity index (χ0) is 22.8. The van der Waals surface area contributed by atoms with Gasteiger partial charge in [-0.2, -0.15) is 5.10 Å². The van der Waals surface area contributed by atoms with Crippen molar-refractivity contribution in [2.24, 2.45) is 7.05 Å². The van der Waals surface area contributed by atoms with Gasteiger partial charge in [0.15, 0.2) is 0 Å². The summed E-state index contributed by atoms with van der Waals surface area (Å²) >= 11 is 0. The molecule has 7 heteroatoms. The molecule has 3 heterocycles. The zero-order valence-electron chi connectivity index (χ0n) is 18.6. The van der Waals surface area contributed by atoms with Crippen LogP contribution in [0, 0.1) is 0 Å². The van der Waals surface area contributed by atoms with Gasteiger partial charge in [-0.25, -0.2) is 4.98 Å². The van der Waals surface area contributed by atoms with Gasteiger partial charge < -0.3 is 14.4 Å². The molecule has 5 aromatic rings. The standard InChI is InChI=1S/C26H25N5O2/c1-18(32)15-31-16-22(19-11-13-27-14-12-19)26(29-31)20-7-9-21(10-8-20)33-17-25-28-23-5-3-4-6-24(23)30(25)2/h3-14,16,18,32H,15,17H2,1-2H3/t18-/m1/s1. The van der Waals surface area contributed by atoms with Crippen LogP contribution in [0.5, 0.6) is 5.75 Å². The van der Waals surface area contributed by atoms with Crippen LogP contribution in [0.25, 0.3) is 33.4 Å². The van der Waals surface area contributed by atoms with Crippen molar-refractivity contribution >= 4 is 11.0 Å². The summed E-state index contributed by atoms with van der Waals surface area (Å²) < 4.78 is 9.85. The minimum absolute atomic E-state index is 0.385. The Bertz CT molecular complexity index is 1370. The highest BCUT2D eigenvalue weighted by Gasteiger charge is 2.15. The normalized spacial score (nSPS) is 12.2. The molecule has 0 amide bonds. The number of imidazole rings is 1. The lowest BCUT2D eigenvalue weighted by Gasteiger charge is -2.08. The zero-order valence-corrected chi connectivity index (χ0v) is 18.6. The number of fused-ring (bicyclic) bond motifs is 1. The largest absolute Gasteiger partial charge is 0.486 e. The van der Waals surface area contributed by atoms with Gasteiger partial charge in [0.05, 0.1) is 23.7 Å². The van der Waals surface area contributed by atoms with E-state index in [0.717, 1.165) is 45.0 Å². The molecule has 7 nitrogen and oxygen atoms in total. The molecule has 166 valence electrons. The quantitative estimate of drug-likeness (QED) is 0.405. The van der Waals surface area contributed by atoms with Crippen LogP contribution < -0.4 is 4.74 Å². The topological polar surface area (TPSA) is 78.0 Å². The van der Waals surface area contributed by atoms with Crippen molar-refractivity contribution in [3.05, 3.63) is 85.1 Å². The number of hydrogen-bond acceptors (Lipinski definition) is 5. The summed E-state index contributed by atoms with van der Waals surface area (Å²) in [6.45, 7) is 2.57. The van der Waals surface area contributed by atoms with Crippen LogP contribution in [0.4, 0.5) is 0 Å². The molecule has 0 saturated heterocycles. The number of pyridine rings is 1. The molecule has 0 spiro atoms. The molecule has 3 aromatic heterocycles. The van der Waals surface area contributed by atoms with E-state index in [4.69, 9.17) is 9.84 Å². The Balaban J connectivity index is 1.38. The van der Waals surface area contributed by atoms with E-state index in [1.54, 1.807) is 24.0 Å². The number of rotatable bonds is 7. The van der Waals surface area contributed by atoms with Crippen molar-refractivity contribution in [3.8, 4) is 28.1 Å². The summed E-state index contributed by atoms with van der Waals surface area (Å²) in [5.74, 6) is 1.64.